The van der Waals surface area contributed by atoms with Crippen molar-refractivity contribution in [1.82, 2.24) is 19.5 Å². The first-order chi connectivity index (χ1) is 15.7. The molecule has 0 unspecified atom stereocenters. The lowest BCUT2D eigenvalue weighted by atomic mass is 10.0. The van der Waals surface area contributed by atoms with Crippen molar-refractivity contribution in [2.24, 2.45) is 0 Å². The van der Waals surface area contributed by atoms with Gasteiger partial charge in [-0.25, -0.2) is 19.3 Å². The lowest BCUT2D eigenvalue weighted by molar-refractivity contribution is 0.0902. The van der Waals surface area contributed by atoms with Gasteiger partial charge in [-0.05, 0) is 44.2 Å². The molecule has 0 aliphatic heterocycles. The molecule has 0 saturated carbocycles. The van der Waals surface area contributed by atoms with E-state index in [-0.39, 0.29) is 0 Å². The first-order valence-corrected chi connectivity index (χ1v) is 14.7. The first-order valence-electron chi connectivity index (χ1n) is 11.0. The lowest BCUT2D eigenvalue weighted by Gasteiger charge is -2.15. The maximum absolute atomic E-state index is 15.0. The van der Waals surface area contributed by atoms with Gasteiger partial charge in [0.1, 0.15) is 24.6 Å². The monoisotopic (exact) mass is 464 g/mol. The Morgan fingerprint density at radius 2 is 1.76 bits per heavy atom. The van der Waals surface area contributed by atoms with Crippen LogP contribution in [0.5, 0.6) is 11.6 Å². The zero-order valence-electron chi connectivity index (χ0n) is 19.7. The molecule has 0 bridgehead atoms. The average molecular weight is 465 g/mol. The fraction of sp³-hybridized carbons (Fsp3) is 0.320. The van der Waals surface area contributed by atoms with Gasteiger partial charge < -0.3 is 14.0 Å². The van der Waals surface area contributed by atoms with E-state index in [0.717, 1.165) is 34.9 Å². The molecular weight excluding hydrogens is 435 g/mol. The summed E-state index contributed by atoms with van der Waals surface area (Å²) in [5.41, 5.74) is 3.57. The summed E-state index contributed by atoms with van der Waals surface area (Å²) in [6, 6.07) is 9.80. The molecule has 3 heterocycles. The van der Waals surface area contributed by atoms with Crippen LogP contribution >= 0.6 is 0 Å². The summed E-state index contributed by atoms with van der Waals surface area (Å²) in [6.07, 6.45) is 5.13. The molecule has 0 aliphatic rings. The van der Waals surface area contributed by atoms with Crippen LogP contribution in [0.3, 0.4) is 0 Å². The van der Waals surface area contributed by atoms with Crippen LogP contribution in [0.2, 0.25) is 25.7 Å². The van der Waals surface area contributed by atoms with Gasteiger partial charge in [0.2, 0.25) is 5.88 Å². The van der Waals surface area contributed by atoms with Crippen molar-refractivity contribution in [3.63, 3.8) is 0 Å². The third kappa shape index (κ3) is 5.28. The molecule has 0 spiro atoms. The van der Waals surface area contributed by atoms with Crippen molar-refractivity contribution in [1.29, 1.82) is 0 Å². The summed E-state index contributed by atoms with van der Waals surface area (Å²) >= 11 is 0. The second-order valence-electron chi connectivity index (χ2n) is 9.35. The van der Waals surface area contributed by atoms with E-state index in [4.69, 9.17) is 9.47 Å². The Bertz CT molecular complexity index is 1260. The molecule has 8 heteroatoms. The zero-order valence-corrected chi connectivity index (χ0v) is 20.7. The number of pyridine rings is 1. The summed E-state index contributed by atoms with van der Waals surface area (Å²) in [5.74, 6) is 0.410. The molecule has 0 saturated heterocycles. The smallest absolute Gasteiger partial charge is 0.228 e. The molecule has 0 N–H and O–H groups in total. The number of fused-ring (bicyclic) bond motifs is 1. The minimum atomic E-state index is -1.12. The number of ether oxygens (including phenoxy) is 2. The number of hydrogen-bond donors (Lipinski definition) is 0. The van der Waals surface area contributed by atoms with Crippen LogP contribution in [-0.2, 0) is 11.5 Å². The molecule has 172 valence electrons. The number of aryl methyl sites for hydroxylation is 2. The van der Waals surface area contributed by atoms with Crippen LogP contribution in [0.1, 0.15) is 11.4 Å². The Morgan fingerprint density at radius 1 is 1.00 bits per heavy atom. The molecule has 0 fully saturated rings. The van der Waals surface area contributed by atoms with Crippen LogP contribution in [0.25, 0.3) is 22.0 Å². The standard InChI is InChI=1S/C25H29FN4O2Si/c1-17-24(18(2)29-15-28-17)20-7-6-19(14-22(20)26)32-25-21-9-11-30(23(21)8-10-27-25)16-31-12-13-33(3,4)5/h6-11,14-15H,12-13,16H2,1-5H3. The Labute approximate surface area is 194 Å². The molecule has 4 aromatic rings. The minimum absolute atomic E-state index is 0.377. The molecule has 0 atom stereocenters. The van der Waals surface area contributed by atoms with E-state index in [1.165, 1.54) is 12.4 Å². The topological polar surface area (TPSA) is 62.1 Å². The van der Waals surface area contributed by atoms with Crippen molar-refractivity contribution < 1.29 is 13.9 Å². The number of nitrogens with zero attached hydrogens (tertiary/aromatic N) is 4. The molecule has 0 radical (unpaired) electrons. The van der Waals surface area contributed by atoms with Crippen molar-refractivity contribution in [2.45, 2.75) is 46.3 Å². The summed E-state index contributed by atoms with van der Waals surface area (Å²) in [5, 5.41) is 0.846. The zero-order chi connectivity index (χ0) is 23.6. The van der Waals surface area contributed by atoms with E-state index >= 15 is 0 Å². The Morgan fingerprint density at radius 3 is 2.45 bits per heavy atom. The predicted molar refractivity (Wildman–Crippen MR) is 131 cm³/mol. The molecule has 1 aromatic carbocycles. The molecule has 0 aliphatic carbocycles. The van der Waals surface area contributed by atoms with Crippen molar-refractivity contribution in [2.75, 3.05) is 6.61 Å². The molecule has 33 heavy (non-hydrogen) atoms. The average Bonchev–Trinajstić information content (AvgIpc) is 3.16. The third-order valence-corrected chi connectivity index (χ3v) is 7.24. The maximum atomic E-state index is 15.0. The van der Waals surface area contributed by atoms with Crippen LogP contribution in [0.4, 0.5) is 4.39 Å². The van der Waals surface area contributed by atoms with Gasteiger partial charge in [-0.1, -0.05) is 19.6 Å². The van der Waals surface area contributed by atoms with E-state index in [9.17, 15) is 4.39 Å². The molecule has 6 nitrogen and oxygen atoms in total. The number of rotatable bonds is 8. The Hall–Kier alpha value is -3.10. The largest absolute Gasteiger partial charge is 0.438 e. The predicted octanol–water partition coefficient (Wildman–Crippen LogP) is 6.35. The quantitative estimate of drug-likeness (QED) is 0.224. The SMILES string of the molecule is Cc1ncnc(C)c1-c1ccc(Oc2nccc3c2ccn3COCC[Si](C)(C)C)cc1F. The number of halogens is 1. The fourth-order valence-corrected chi connectivity index (χ4v) is 4.44. The summed E-state index contributed by atoms with van der Waals surface area (Å²) < 4.78 is 28.9. The summed E-state index contributed by atoms with van der Waals surface area (Å²) in [7, 11) is -1.12. The van der Waals surface area contributed by atoms with E-state index in [0.29, 0.717) is 29.5 Å². The second kappa shape index (κ2) is 9.41. The summed E-state index contributed by atoms with van der Waals surface area (Å²) in [4.78, 5) is 12.8. The summed E-state index contributed by atoms with van der Waals surface area (Å²) in [6.45, 7) is 11.9. The van der Waals surface area contributed by atoms with Gasteiger partial charge in [0.05, 0.1) is 10.9 Å². The second-order valence-corrected chi connectivity index (χ2v) is 15.0. The highest BCUT2D eigenvalue weighted by molar-refractivity contribution is 6.76. The molecular formula is C25H29FN4O2Si. The molecule has 0 amide bonds. The fourth-order valence-electron chi connectivity index (χ4n) is 3.69. The van der Waals surface area contributed by atoms with Crippen LogP contribution in [0.15, 0.2) is 49.1 Å². The first kappa shape index (κ1) is 23.1. The maximum Gasteiger partial charge on any atom is 0.228 e. The minimum Gasteiger partial charge on any atom is -0.438 e. The van der Waals surface area contributed by atoms with Gasteiger partial charge in [-0.3, -0.25) is 0 Å². The highest BCUT2D eigenvalue weighted by Gasteiger charge is 2.16. The lowest BCUT2D eigenvalue weighted by Crippen LogP contribution is -2.21. The third-order valence-electron chi connectivity index (χ3n) is 5.54. The van der Waals surface area contributed by atoms with Crippen molar-refractivity contribution in [3.05, 3.63) is 66.3 Å². The van der Waals surface area contributed by atoms with Gasteiger partial charge in [0.25, 0.3) is 0 Å². The van der Waals surface area contributed by atoms with Gasteiger partial charge in [-0.2, -0.15) is 0 Å². The van der Waals surface area contributed by atoms with E-state index < -0.39 is 13.9 Å². The number of hydrogen-bond acceptors (Lipinski definition) is 5. The Kier molecular flexibility index (Phi) is 6.58. The van der Waals surface area contributed by atoms with Crippen LogP contribution in [-0.4, -0.2) is 34.2 Å². The van der Waals surface area contributed by atoms with Gasteiger partial charge in [0.15, 0.2) is 0 Å². The van der Waals surface area contributed by atoms with Gasteiger partial charge >= 0.3 is 0 Å². The van der Waals surface area contributed by atoms with Crippen molar-refractivity contribution in [3.8, 4) is 22.8 Å². The normalized spacial score (nSPS) is 11.8. The van der Waals surface area contributed by atoms with E-state index in [1.807, 2.05) is 36.7 Å². The highest BCUT2D eigenvalue weighted by atomic mass is 28.3. The molecule has 3 aromatic heterocycles. The number of aromatic nitrogens is 4. The Balaban J connectivity index is 1.53. The van der Waals surface area contributed by atoms with E-state index in [2.05, 4.69) is 34.6 Å². The van der Waals surface area contributed by atoms with Crippen LogP contribution < -0.4 is 4.74 Å². The van der Waals surface area contributed by atoms with Gasteiger partial charge in [0, 0.05) is 55.7 Å². The van der Waals surface area contributed by atoms with Crippen molar-refractivity contribution >= 4 is 19.0 Å². The molecule has 4 rings (SSSR count). The highest BCUT2D eigenvalue weighted by Crippen LogP contribution is 2.33. The number of benzene rings is 1. The van der Waals surface area contributed by atoms with E-state index in [1.54, 1.807) is 18.3 Å². The van der Waals surface area contributed by atoms with Gasteiger partial charge in [-0.15, -0.1) is 0 Å². The van der Waals surface area contributed by atoms with Crippen LogP contribution in [0, 0.1) is 19.7 Å².